The molecule has 5 heteroatoms. The summed E-state index contributed by atoms with van der Waals surface area (Å²) in [6.07, 6.45) is 0. The molecule has 0 amide bonds. The maximum Gasteiger partial charge on any atom is 0.371 e. The average molecular weight is 282 g/mol. The van der Waals surface area contributed by atoms with E-state index in [1.165, 1.54) is 6.07 Å². The Balaban J connectivity index is 1.97. The molecule has 0 bridgehead atoms. The number of aromatic carboxylic acids is 1. The first-order chi connectivity index (χ1) is 10.1. The van der Waals surface area contributed by atoms with Crippen molar-refractivity contribution in [2.24, 2.45) is 0 Å². The predicted octanol–water partition coefficient (Wildman–Crippen LogP) is 3.35. The lowest BCUT2D eigenvalue weighted by Crippen LogP contribution is -2.08. The van der Waals surface area contributed by atoms with Gasteiger partial charge in [-0.3, -0.25) is 0 Å². The van der Waals surface area contributed by atoms with Gasteiger partial charge in [0.25, 0.3) is 0 Å². The van der Waals surface area contributed by atoms with E-state index in [1.54, 1.807) is 48.5 Å². The molecule has 21 heavy (non-hydrogen) atoms. The van der Waals surface area contributed by atoms with E-state index in [1.807, 2.05) is 0 Å². The van der Waals surface area contributed by atoms with Crippen molar-refractivity contribution in [3.05, 3.63) is 65.9 Å². The summed E-state index contributed by atoms with van der Waals surface area (Å²) in [7, 11) is 0. The summed E-state index contributed by atoms with van der Waals surface area (Å²) in [5, 5.41) is 9.50. The number of carboxylic acids is 1. The normalized spacial score (nSPS) is 10.5. The van der Waals surface area contributed by atoms with E-state index in [0.29, 0.717) is 10.9 Å². The van der Waals surface area contributed by atoms with Gasteiger partial charge in [0.15, 0.2) is 11.3 Å². The van der Waals surface area contributed by atoms with Gasteiger partial charge >= 0.3 is 11.9 Å². The molecule has 104 valence electrons. The number of benzene rings is 2. The van der Waals surface area contributed by atoms with Gasteiger partial charge in [-0.2, -0.15) is 0 Å². The maximum atomic E-state index is 12.0. The third-order valence-electron chi connectivity index (χ3n) is 2.93. The summed E-state index contributed by atoms with van der Waals surface area (Å²) in [5.41, 5.74) is 0.638. The van der Waals surface area contributed by atoms with E-state index in [2.05, 4.69) is 0 Å². The van der Waals surface area contributed by atoms with Crippen molar-refractivity contribution in [1.29, 1.82) is 0 Å². The summed E-state index contributed by atoms with van der Waals surface area (Å²) < 4.78 is 10.5. The molecule has 3 rings (SSSR count). The fraction of sp³-hybridized carbons (Fsp3) is 0. The minimum Gasteiger partial charge on any atom is -0.475 e. The third-order valence-corrected chi connectivity index (χ3v) is 2.93. The minimum absolute atomic E-state index is 0.189. The van der Waals surface area contributed by atoms with Crippen LogP contribution in [0.4, 0.5) is 0 Å². The number of furan rings is 1. The molecule has 0 aliphatic heterocycles. The number of carbonyl (C=O) groups is 2. The van der Waals surface area contributed by atoms with Gasteiger partial charge in [-0.1, -0.05) is 30.3 Å². The van der Waals surface area contributed by atoms with E-state index < -0.39 is 11.9 Å². The Morgan fingerprint density at radius 3 is 2.48 bits per heavy atom. The molecule has 1 N–H and O–H groups in total. The highest BCUT2D eigenvalue weighted by Gasteiger charge is 2.16. The summed E-state index contributed by atoms with van der Waals surface area (Å²) in [5.74, 6) is -1.72. The molecule has 5 nitrogen and oxygen atoms in total. The van der Waals surface area contributed by atoms with Crippen molar-refractivity contribution < 1.29 is 23.8 Å². The van der Waals surface area contributed by atoms with E-state index >= 15 is 0 Å². The second-order valence-electron chi connectivity index (χ2n) is 4.35. The first kappa shape index (κ1) is 12.9. The Bertz CT molecular complexity index is 817. The molecule has 2 aromatic carbocycles. The summed E-state index contributed by atoms with van der Waals surface area (Å²) in [6.45, 7) is 0. The highest BCUT2D eigenvalue weighted by molar-refractivity contribution is 5.96. The zero-order chi connectivity index (χ0) is 14.8. The lowest BCUT2D eigenvalue weighted by atomic mass is 10.2. The van der Waals surface area contributed by atoms with Gasteiger partial charge in [0.1, 0.15) is 0 Å². The molecule has 0 aliphatic rings. The van der Waals surface area contributed by atoms with Crippen LogP contribution in [0, 0.1) is 0 Å². The largest absolute Gasteiger partial charge is 0.475 e. The molecular formula is C16H10O5. The molecule has 0 saturated carbocycles. The SMILES string of the molecule is O=C(Oc1cccc2cc(C(=O)O)oc12)c1ccccc1. The number of rotatable bonds is 3. The molecule has 0 aliphatic carbocycles. The van der Waals surface area contributed by atoms with Crippen LogP contribution in [0.1, 0.15) is 20.9 Å². The Morgan fingerprint density at radius 2 is 1.76 bits per heavy atom. The van der Waals surface area contributed by atoms with Gasteiger partial charge in [-0.25, -0.2) is 9.59 Å². The van der Waals surface area contributed by atoms with E-state index in [4.69, 9.17) is 14.3 Å². The van der Waals surface area contributed by atoms with E-state index in [9.17, 15) is 9.59 Å². The molecule has 1 aromatic heterocycles. The molecule has 0 fully saturated rings. The van der Waals surface area contributed by atoms with Crippen LogP contribution in [-0.4, -0.2) is 17.0 Å². The number of carboxylic acid groups (broad SMARTS) is 1. The van der Waals surface area contributed by atoms with Gasteiger partial charge in [0.05, 0.1) is 5.56 Å². The zero-order valence-electron chi connectivity index (χ0n) is 10.8. The monoisotopic (exact) mass is 282 g/mol. The van der Waals surface area contributed by atoms with Crippen LogP contribution in [0.5, 0.6) is 5.75 Å². The fourth-order valence-corrected chi connectivity index (χ4v) is 1.96. The van der Waals surface area contributed by atoms with Crippen LogP contribution in [0.25, 0.3) is 11.0 Å². The summed E-state index contributed by atoms with van der Waals surface area (Å²) in [6, 6.07) is 14.8. The minimum atomic E-state index is -1.17. The standard InChI is InChI=1S/C16H10O5/c17-15(18)13-9-11-7-4-8-12(14(11)20-13)21-16(19)10-5-2-1-3-6-10/h1-9H,(H,17,18). The van der Waals surface area contributed by atoms with E-state index in [-0.39, 0.29) is 17.1 Å². The summed E-state index contributed by atoms with van der Waals surface area (Å²) >= 11 is 0. The Labute approximate surface area is 119 Å². The number of ether oxygens (including phenoxy) is 1. The topological polar surface area (TPSA) is 76.7 Å². The predicted molar refractivity (Wildman–Crippen MR) is 74.6 cm³/mol. The van der Waals surface area contributed by atoms with Gasteiger partial charge < -0.3 is 14.3 Å². The average Bonchev–Trinajstić information content (AvgIpc) is 2.93. The van der Waals surface area contributed by atoms with Crippen molar-refractivity contribution in [1.82, 2.24) is 0 Å². The second kappa shape index (κ2) is 5.13. The van der Waals surface area contributed by atoms with E-state index in [0.717, 1.165) is 0 Å². The molecule has 3 aromatic rings. The van der Waals surface area contributed by atoms with Crippen molar-refractivity contribution in [3.63, 3.8) is 0 Å². The second-order valence-corrected chi connectivity index (χ2v) is 4.35. The number of para-hydroxylation sites is 1. The van der Waals surface area contributed by atoms with Crippen LogP contribution >= 0.6 is 0 Å². The number of fused-ring (bicyclic) bond motifs is 1. The van der Waals surface area contributed by atoms with Crippen LogP contribution in [0.3, 0.4) is 0 Å². The molecule has 0 saturated heterocycles. The van der Waals surface area contributed by atoms with Crippen molar-refractivity contribution >= 4 is 22.9 Å². The van der Waals surface area contributed by atoms with Crippen molar-refractivity contribution in [2.75, 3.05) is 0 Å². The maximum absolute atomic E-state index is 12.0. The van der Waals surface area contributed by atoms with Crippen LogP contribution in [0.15, 0.2) is 59.0 Å². The number of esters is 1. The third kappa shape index (κ3) is 2.49. The van der Waals surface area contributed by atoms with Gasteiger partial charge in [-0.15, -0.1) is 0 Å². The molecule has 0 atom stereocenters. The Kier molecular flexibility index (Phi) is 3.16. The first-order valence-electron chi connectivity index (χ1n) is 6.18. The number of carbonyl (C=O) groups excluding carboxylic acids is 1. The van der Waals surface area contributed by atoms with Gasteiger partial charge in [0, 0.05) is 5.39 Å². The lowest BCUT2D eigenvalue weighted by molar-refractivity contribution is 0.0665. The molecule has 0 spiro atoms. The molecular weight excluding hydrogens is 272 g/mol. The van der Waals surface area contributed by atoms with Crippen molar-refractivity contribution in [3.8, 4) is 5.75 Å². The van der Waals surface area contributed by atoms with Crippen molar-refractivity contribution in [2.45, 2.75) is 0 Å². The zero-order valence-corrected chi connectivity index (χ0v) is 10.8. The molecule has 0 unspecified atom stereocenters. The quantitative estimate of drug-likeness (QED) is 0.589. The highest BCUT2D eigenvalue weighted by atomic mass is 16.5. The Morgan fingerprint density at radius 1 is 1.00 bits per heavy atom. The Hall–Kier alpha value is -3.08. The smallest absolute Gasteiger partial charge is 0.371 e. The van der Waals surface area contributed by atoms with Crippen LogP contribution in [0.2, 0.25) is 0 Å². The number of hydrogen-bond acceptors (Lipinski definition) is 4. The molecule has 1 heterocycles. The highest BCUT2D eigenvalue weighted by Crippen LogP contribution is 2.29. The van der Waals surface area contributed by atoms with Gasteiger partial charge in [0.2, 0.25) is 5.76 Å². The van der Waals surface area contributed by atoms with Crippen LogP contribution in [-0.2, 0) is 0 Å². The molecule has 0 radical (unpaired) electrons. The lowest BCUT2D eigenvalue weighted by Gasteiger charge is -2.04. The first-order valence-corrected chi connectivity index (χ1v) is 6.18. The summed E-state index contributed by atoms with van der Waals surface area (Å²) in [4.78, 5) is 22.9. The number of hydrogen-bond donors (Lipinski definition) is 1. The fourth-order valence-electron chi connectivity index (χ4n) is 1.96. The van der Waals surface area contributed by atoms with Crippen LogP contribution < -0.4 is 4.74 Å². The van der Waals surface area contributed by atoms with Gasteiger partial charge in [-0.05, 0) is 24.3 Å².